The predicted molar refractivity (Wildman–Crippen MR) is 201 cm³/mol. The Balaban J connectivity index is 1.64. The highest BCUT2D eigenvalue weighted by Gasteiger charge is 2.48. The van der Waals surface area contributed by atoms with Gasteiger partial charge in [-0.05, 0) is 73.0 Å². The minimum atomic E-state index is -1.17. The number of esters is 1. The summed E-state index contributed by atoms with van der Waals surface area (Å²) in [6.45, 7) is 13.2. The molecule has 3 N–H and O–H groups in total. The largest absolute Gasteiger partial charge is 0.495 e. The zero-order valence-electron chi connectivity index (χ0n) is 31.6. The van der Waals surface area contributed by atoms with E-state index in [1.807, 2.05) is 52.0 Å². The number of amides is 3. The summed E-state index contributed by atoms with van der Waals surface area (Å²) in [4.78, 5) is 57.8. The summed E-state index contributed by atoms with van der Waals surface area (Å²) in [6.07, 6.45) is 2.27. The minimum Gasteiger partial charge on any atom is -0.495 e. The quantitative estimate of drug-likeness (QED) is 0.0885. The van der Waals surface area contributed by atoms with Gasteiger partial charge in [0.2, 0.25) is 17.7 Å². The fourth-order valence-electron chi connectivity index (χ4n) is 6.18. The maximum absolute atomic E-state index is 14.0. The van der Waals surface area contributed by atoms with Gasteiger partial charge < -0.3 is 30.2 Å². The van der Waals surface area contributed by atoms with Crippen LogP contribution in [-0.4, -0.2) is 61.1 Å². The van der Waals surface area contributed by atoms with E-state index in [0.29, 0.717) is 22.8 Å². The van der Waals surface area contributed by atoms with Gasteiger partial charge in [-0.15, -0.1) is 0 Å². The van der Waals surface area contributed by atoms with E-state index in [9.17, 15) is 19.2 Å². The molecule has 1 saturated heterocycles. The molecule has 0 radical (unpaired) electrons. The first kappa shape index (κ1) is 41.2. The third-order valence-electron chi connectivity index (χ3n) is 9.88. The molecule has 0 saturated carbocycles. The molecule has 0 aliphatic carbocycles. The van der Waals surface area contributed by atoms with E-state index in [1.54, 1.807) is 45.0 Å². The summed E-state index contributed by atoms with van der Waals surface area (Å²) in [7, 11) is 1.50. The maximum atomic E-state index is 14.0. The standard InChI is InChI=1S/C39H51ClN6O7/c1-22(33-34(53-33)26-15-12-24(13-16-26)21-42-46-41)30-10-9-11-32(47)44-28(19-25-14-17-31(51-8)27(40)18-25)35(48)43-23(2)39(6,7)37(50)45-29(36(49)52-30)20-38(3,4)5/h9,11-18,22-23,28-30,33-34H,10,19-21H2,1-8H3,(H,43,48)(H,44,47)(H,45,50)/t22-,23?,28+,29-,30-,33+,34+/m0/s1. The van der Waals surface area contributed by atoms with Crippen LogP contribution < -0.4 is 20.7 Å². The van der Waals surface area contributed by atoms with Gasteiger partial charge in [0.05, 0.1) is 30.2 Å². The molecule has 2 aliphatic heterocycles. The molecule has 4 rings (SSSR count). The molecule has 2 aromatic rings. The van der Waals surface area contributed by atoms with Crippen molar-refractivity contribution in [1.82, 2.24) is 16.0 Å². The predicted octanol–water partition coefficient (Wildman–Crippen LogP) is 6.29. The second-order valence-electron chi connectivity index (χ2n) is 15.6. The third kappa shape index (κ3) is 11.2. The average Bonchev–Trinajstić information content (AvgIpc) is 3.89. The van der Waals surface area contributed by atoms with Gasteiger partial charge in [0.15, 0.2) is 0 Å². The molecular formula is C39H51ClN6O7. The van der Waals surface area contributed by atoms with Crippen molar-refractivity contribution in [3.8, 4) is 5.75 Å². The Morgan fingerprint density at radius 2 is 1.72 bits per heavy atom. The Morgan fingerprint density at radius 1 is 1.04 bits per heavy atom. The number of nitrogens with zero attached hydrogens (tertiary/aromatic N) is 3. The molecule has 7 atom stereocenters. The Bertz CT molecular complexity index is 1730. The molecule has 286 valence electrons. The molecule has 0 bridgehead atoms. The molecule has 53 heavy (non-hydrogen) atoms. The molecule has 14 heteroatoms. The molecule has 2 heterocycles. The summed E-state index contributed by atoms with van der Waals surface area (Å²) < 4.78 is 17.5. The Kier molecular flexibility index (Phi) is 13.6. The Hall–Kier alpha value is -4.58. The van der Waals surface area contributed by atoms with E-state index >= 15 is 0 Å². The monoisotopic (exact) mass is 750 g/mol. The van der Waals surface area contributed by atoms with Gasteiger partial charge in [0.25, 0.3) is 0 Å². The molecule has 1 fully saturated rings. The SMILES string of the molecule is COc1ccc(C[C@H]2NC(=O)C=CC[C@@H]([C@H](C)[C@H]3O[C@@H]3c3ccc(CN=[N+]=[N-])cc3)OC(=O)[C@H](CC(C)(C)C)NC(=O)C(C)(C)C(C)NC2=O)cc1Cl. The van der Waals surface area contributed by atoms with Crippen LogP contribution in [0.3, 0.4) is 0 Å². The van der Waals surface area contributed by atoms with E-state index in [-0.39, 0.29) is 42.9 Å². The summed E-state index contributed by atoms with van der Waals surface area (Å²) in [5.41, 5.74) is 9.59. The van der Waals surface area contributed by atoms with Crippen LogP contribution in [0.15, 0.2) is 59.7 Å². The molecule has 0 spiro atoms. The van der Waals surface area contributed by atoms with Crippen LogP contribution in [0.4, 0.5) is 0 Å². The van der Waals surface area contributed by atoms with Crippen molar-refractivity contribution < 1.29 is 33.4 Å². The van der Waals surface area contributed by atoms with Crippen LogP contribution in [0.5, 0.6) is 5.75 Å². The van der Waals surface area contributed by atoms with Crippen molar-refractivity contribution in [1.29, 1.82) is 0 Å². The fourth-order valence-corrected chi connectivity index (χ4v) is 6.46. The zero-order chi connectivity index (χ0) is 39.1. The first-order valence-electron chi connectivity index (χ1n) is 17.8. The second kappa shape index (κ2) is 17.5. The van der Waals surface area contributed by atoms with E-state index in [1.165, 1.54) is 13.2 Å². The lowest BCUT2D eigenvalue weighted by Gasteiger charge is -2.35. The molecule has 3 amide bonds. The third-order valence-corrected chi connectivity index (χ3v) is 10.2. The van der Waals surface area contributed by atoms with Crippen molar-refractivity contribution in [3.63, 3.8) is 0 Å². The second-order valence-corrected chi connectivity index (χ2v) is 16.0. The van der Waals surface area contributed by atoms with Crippen LogP contribution in [0.1, 0.15) is 84.1 Å². The lowest BCUT2D eigenvalue weighted by molar-refractivity contribution is -0.157. The number of rotatable bonds is 9. The average molecular weight is 751 g/mol. The van der Waals surface area contributed by atoms with Gasteiger partial charge in [-0.3, -0.25) is 14.4 Å². The van der Waals surface area contributed by atoms with Crippen LogP contribution in [0, 0.1) is 16.7 Å². The summed E-state index contributed by atoms with van der Waals surface area (Å²) in [5.74, 6) is -1.88. The number of methoxy groups -OCH3 is 1. The van der Waals surface area contributed by atoms with Gasteiger partial charge >= 0.3 is 5.97 Å². The van der Waals surface area contributed by atoms with Crippen molar-refractivity contribution >= 4 is 35.3 Å². The van der Waals surface area contributed by atoms with Crippen LogP contribution in [0.25, 0.3) is 10.4 Å². The molecule has 2 aliphatic rings. The van der Waals surface area contributed by atoms with E-state index in [0.717, 1.165) is 11.1 Å². The fraction of sp³-hybridized carbons (Fsp3) is 0.538. The van der Waals surface area contributed by atoms with Gasteiger partial charge in [0, 0.05) is 29.7 Å². The molecule has 2 aromatic carbocycles. The van der Waals surface area contributed by atoms with Crippen molar-refractivity contribution in [2.24, 2.45) is 21.9 Å². The van der Waals surface area contributed by atoms with Crippen molar-refractivity contribution in [3.05, 3.63) is 86.8 Å². The number of nitrogens with one attached hydrogen (secondary N) is 3. The summed E-state index contributed by atoms with van der Waals surface area (Å²) >= 11 is 6.36. The highest BCUT2D eigenvalue weighted by molar-refractivity contribution is 6.32. The van der Waals surface area contributed by atoms with Crippen LogP contribution in [-0.2, 0) is 41.6 Å². The molecular weight excluding hydrogens is 700 g/mol. The van der Waals surface area contributed by atoms with Crippen molar-refractivity contribution in [2.45, 2.75) is 111 Å². The number of hydrogen-bond donors (Lipinski definition) is 3. The van der Waals surface area contributed by atoms with Gasteiger partial charge in [0.1, 0.15) is 30.0 Å². The maximum Gasteiger partial charge on any atom is 0.328 e. The van der Waals surface area contributed by atoms with Crippen LogP contribution >= 0.6 is 11.6 Å². The molecule has 0 aromatic heterocycles. The number of epoxide rings is 1. The highest BCUT2D eigenvalue weighted by atomic mass is 35.5. The minimum absolute atomic E-state index is 0.117. The number of cyclic esters (lactones) is 1. The normalized spacial score (nSPS) is 25.9. The van der Waals surface area contributed by atoms with Gasteiger partial charge in [-0.2, -0.15) is 0 Å². The number of halogens is 1. The Morgan fingerprint density at radius 3 is 2.34 bits per heavy atom. The number of hydrogen-bond acceptors (Lipinski definition) is 8. The number of carbonyl (C=O) groups excluding carboxylic acids is 4. The first-order chi connectivity index (χ1) is 24.9. The lowest BCUT2D eigenvalue weighted by atomic mass is 9.82. The van der Waals surface area contributed by atoms with E-state index < -0.39 is 53.3 Å². The first-order valence-corrected chi connectivity index (χ1v) is 18.2. The van der Waals surface area contributed by atoms with E-state index in [4.69, 9.17) is 31.3 Å². The smallest absolute Gasteiger partial charge is 0.328 e. The Labute approximate surface area is 316 Å². The summed E-state index contributed by atoms with van der Waals surface area (Å²) in [5, 5.41) is 12.6. The molecule has 13 nitrogen and oxygen atoms in total. The lowest BCUT2D eigenvalue weighted by Crippen LogP contribution is -2.58. The van der Waals surface area contributed by atoms with Gasteiger partial charge in [-0.1, -0.05) is 80.8 Å². The number of azide groups is 1. The number of carbonyl (C=O) groups is 4. The highest BCUT2D eigenvalue weighted by Crippen LogP contribution is 2.45. The summed E-state index contributed by atoms with van der Waals surface area (Å²) in [6, 6.07) is 10.0. The molecule has 1 unspecified atom stereocenters. The number of benzene rings is 2. The van der Waals surface area contributed by atoms with Gasteiger partial charge in [-0.25, -0.2) is 4.79 Å². The zero-order valence-corrected chi connectivity index (χ0v) is 32.4. The van der Waals surface area contributed by atoms with E-state index in [2.05, 4.69) is 26.0 Å². The van der Waals surface area contributed by atoms with Crippen molar-refractivity contribution in [2.75, 3.05) is 7.11 Å². The number of ether oxygens (including phenoxy) is 3. The topological polar surface area (TPSA) is 184 Å². The van der Waals surface area contributed by atoms with Crippen LogP contribution in [0.2, 0.25) is 5.02 Å².